The van der Waals surface area contributed by atoms with Gasteiger partial charge in [0.1, 0.15) is 5.75 Å². The van der Waals surface area contributed by atoms with Crippen LogP contribution >= 0.6 is 0 Å². The molecule has 0 aliphatic carbocycles. The third kappa shape index (κ3) is 4.35. The van der Waals surface area contributed by atoms with E-state index < -0.39 is 0 Å². The number of phenolic OH excluding ortho intramolecular Hbond substituents is 1. The molecular formula is C19H15N3O. The topological polar surface area (TPSA) is 57.3 Å². The molecule has 4 nitrogen and oxygen atoms in total. The van der Waals surface area contributed by atoms with Crippen molar-refractivity contribution in [1.29, 1.82) is 0 Å². The Bertz CT molecular complexity index is 825. The summed E-state index contributed by atoms with van der Waals surface area (Å²) in [6.07, 6.45) is 1.82. The summed E-state index contributed by atoms with van der Waals surface area (Å²) >= 11 is 0. The van der Waals surface area contributed by atoms with E-state index in [1.807, 2.05) is 60.8 Å². The molecule has 0 radical (unpaired) electrons. The van der Waals surface area contributed by atoms with Gasteiger partial charge >= 0.3 is 0 Å². The van der Waals surface area contributed by atoms with Crippen LogP contribution in [-0.2, 0) is 0 Å². The average Bonchev–Trinajstić information content (AvgIpc) is 2.60. The van der Waals surface area contributed by atoms with Crippen molar-refractivity contribution in [3.63, 3.8) is 0 Å². The van der Waals surface area contributed by atoms with Crippen molar-refractivity contribution in [2.45, 2.75) is 0 Å². The largest absolute Gasteiger partial charge is 0.508 e. The quantitative estimate of drug-likeness (QED) is 0.498. The summed E-state index contributed by atoms with van der Waals surface area (Å²) in [6, 6.07) is 24.1. The molecule has 0 aromatic heterocycles. The van der Waals surface area contributed by atoms with Crippen LogP contribution in [0.2, 0.25) is 0 Å². The summed E-state index contributed by atoms with van der Waals surface area (Å²) in [5.74, 6) is 0.173. The lowest BCUT2D eigenvalue weighted by Gasteiger charge is -1.96. The molecule has 0 amide bonds. The molecule has 23 heavy (non-hydrogen) atoms. The van der Waals surface area contributed by atoms with E-state index in [9.17, 15) is 5.11 Å². The van der Waals surface area contributed by atoms with E-state index in [0.717, 1.165) is 16.9 Å². The van der Waals surface area contributed by atoms with Gasteiger partial charge in [-0.2, -0.15) is 10.2 Å². The first kappa shape index (κ1) is 14.7. The molecule has 3 aromatic carbocycles. The van der Waals surface area contributed by atoms with Gasteiger partial charge in [-0.25, -0.2) is 0 Å². The van der Waals surface area contributed by atoms with Crippen molar-refractivity contribution in [1.82, 2.24) is 0 Å². The van der Waals surface area contributed by atoms with E-state index in [2.05, 4.69) is 15.2 Å². The Morgan fingerprint density at radius 3 is 2.09 bits per heavy atom. The number of aromatic hydroxyl groups is 1. The molecule has 3 rings (SSSR count). The van der Waals surface area contributed by atoms with Crippen LogP contribution in [0.4, 0.5) is 17.1 Å². The number of phenols is 1. The molecular weight excluding hydrogens is 286 g/mol. The number of hydrogen-bond acceptors (Lipinski definition) is 4. The Balaban J connectivity index is 1.68. The first-order valence-electron chi connectivity index (χ1n) is 7.19. The highest BCUT2D eigenvalue weighted by Gasteiger charge is 1.94. The monoisotopic (exact) mass is 301 g/mol. The zero-order chi connectivity index (χ0) is 15.9. The lowest BCUT2D eigenvalue weighted by atomic mass is 10.2. The molecule has 0 bridgehead atoms. The molecule has 0 aliphatic rings. The summed E-state index contributed by atoms with van der Waals surface area (Å²) in [6.45, 7) is 0. The second-order valence-corrected chi connectivity index (χ2v) is 4.91. The summed E-state index contributed by atoms with van der Waals surface area (Å²) in [5, 5.41) is 17.6. The molecule has 0 unspecified atom stereocenters. The maximum Gasteiger partial charge on any atom is 0.117 e. The molecule has 0 spiro atoms. The normalized spacial score (nSPS) is 11.3. The van der Waals surface area contributed by atoms with Gasteiger partial charge in [0, 0.05) is 12.3 Å². The van der Waals surface area contributed by atoms with Crippen LogP contribution in [0.25, 0.3) is 0 Å². The molecule has 112 valence electrons. The predicted octanol–water partition coefficient (Wildman–Crippen LogP) is 5.56. The van der Waals surface area contributed by atoms with Crippen LogP contribution in [0.3, 0.4) is 0 Å². The molecule has 0 saturated heterocycles. The number of azo groups is 1. The average molecular weight is 301 g/mol. The van der Waals surface area contributed by atoms with Crippen molar-refractivity contribution in [3.8, 4) is 5.75 Å². The van der Waals surface area contributed by atoms with Gasteiger partial charge in [-0.3, -0.25) is 4.99 Å². The fourth-order valence-electron chi connectivity index (χ4n) is 1.96. The summed E-state index contributed by atoms with van der Waals surface area (Å²) in [5.41, 5.74) is 3.24. The van der Waals surface area contributed by atoms with Crippen LogP contribution in [0.15, 0.2) is 94.1 Å². The first-order chi connectivity index (χ1) is 11.3. The molecule has 3 aromatic rings. The van der Waals surface area contributed by atoms with Crippen molar-refractivity contribution >= 4 is 23.3 Å². The van der Waals surface area contributed by atoms with Crippen molar-refractivity contribution < 1.29 is 5.11 Å². The number of hydrogen-bond donors (Lipinski definition) is 1. The van der Waals surface area contributed by atoms with Gasteiger partial charge in [-0.1, -0.05) is 36.4 Å². The second-order valence-electron chi connectivity index (χ2n) is 4.91. The third-order valence-electron chi connectivity index (χ3n) is 3.12. The number of nitrogens with zero attached hydrogens (tertiary/aromatic N) is 3. The maximum atomic E-state index is 9.38. The number of aliphatic imine (C=N–C) groups is 1. The van der Waals surface area contributed by atoms with E-state index >= 15 is 0 Å². The Morgan fingerprint density at radius 2 is 1.35 bits per heavy atom. The molecule has 0 atom stereocenters. The highest BCUT2D eigenvalue weighted by atomic mass is 16.3. The first-order valence-corrected chi connectivity index (χ1v) is 7.19. The number of rotatable bonds is 4. The van der Waals surface area contributed by atoms with Crippen LogP contribution in [-0.4, -0.2) is 11.3 Å². The molecule has 0 heterocycles. The fourth-order valence-corrected chi connectivity index (χ4v) is 1.96. The minimum Gasteiger partial charge on any atom is -0.508 e. The Labute approximate surface area is 134 Å². The minimum absolute atomic E-state index is 0.173. The molecule has 4 heteroatoms. The third-order valence-corrected chi connectivity index (χ3v) is 3.12. The predicted molar refractivity (Wildman–Crippen MR) is 92.4 cm³/mol. The summed E-state index contributed by atoms with van der Waals surface area (Å²) in [7, 11) is 0. The van der Waals surface area contributed by atoms with Crippen molar-refractivity contribution in [2.75, 3.05) is 0 Å². The molecule has 0 fully saturated rings. The standard InChI is InChI=1S/C19H15N3O/c23-19-8-4-7-18(13-19)22-21-17-11-9-16(10-12-17)20-14-15-5-2-1-3-6-15/h1-14,23H. The van der Waals surface area contributed by atoms with Gasteiger partial charge in [-0.05, 0) is 42.0 Å². The SMILES string of the molecule is Oc1cccc(N=Nc2ccc(N=Cc3ccccc3)cc2)c1. The van der Waals surface area contributed by atoms with Crippen molar-refractivity contribution in [3.05, 3.63) is 84.4 Å². The van der Waals surface area contributed by atoms with Gasteiger partial charge in [0.05, 0.1) is 17.1 Å². The molecule has 0 aliphatic heterocycles. The molecule has 1 N–H and O–H groups in total. The smallest absolute Gasteiger partial charge is 0.117 e. The zero-order valence-corrected chi connectivity index (χ0v) is 12.4. The van der Waals surface area contributed by atoms with Crippen LogP contribution in [0, 0.1) is 0 Å². The van der Waals surface area contributed by atoms with E-state index in [1.165, 1.54) is 0 Å². The number of benzene rings is 3. The van der Waals surface area contributed by atoms with Gasteiger partial charge < -0.3 is 5.11 Å². The Morgan fingerprint density at radius 1 is 0.652 bits per heavy atom. The van der Waals surface area contributed by atoms with Crippen LogP contribution in [0.1, 0.15) is 5.56 Å². The highest BCUT2D eigenvalue weighted by molar-refractivity contribution is 5.81. The highest BCUT2D eigenvalue weighted by Crippen LogP contribution is 2.23. The zero-order valence-electron chi connectivity index (χ0n) is 12.4. The minimum atomic E-state index is 0.173. The second kappa shape index (κ2) is 7.13. The van der Waals surface area contributed by atoms with Crippen LogP contribution in [0.5, 0.6) is 5.75 Å². The van der Waals surface area contributed by atoms with E-state index in [-0.39, 0.29) is 5.75 Å². The summed E-state index contributed by atoms with van der Waals surface area (Å²) in [4.78, 5) is 4.42. The van der Waals surface area contributed by atoms with Crippen LogP contribution < -0.4 is 0 Å². The van der Waals surface area contributed by atoms with Gasteiger partial charge in [0.25, 0.3) is 0 Å². The Kier molecular flexibility index (Phi) is 4.55. The van der Waals surface area contributed by atoms with E-state index in [0.29, 0.717) is 5.69 Å². The summed E-state index contributed by atoms with van der Waals surface area (Å²) < 4.78 is 0. The fraction of sp³-hybridized carbons (Fsp3) is 0. The van der Waals surface area contributed by atoms with E-state index in [1.54, 1.807) is 24.3 Å². The van der Waals surface area contributed by atoms with Gasteiger partial charge in [0.2, 0.25) is 0 Å². The lowest BCUT2D eigenvalue weighted by molar-refractivity contribution is 0.475. The van der Waals surface area contributed by atoms with Gasteiger partial charge in [-0.15, -0.1) is 0 Å². The Hall–Kier alpha value is -3.27. The molecule has 0 saturated carbocycles. The van der Waals surface area contributed by atoms with Crippen molar-refractivity contribution in [2.24, 2.45) is 15.2 Å². The lowest BCUT2D eigenvalue weighted by Crippen LogP contribution is -1.77. The van der Waals surface area contributed by atoms with E-state index in [4.69, 9.17) is 0 Å². The maximum absolute atomic E-state index is 9.38. The van der Waals surface area contributed by atoms with Gasteiger partial charge in [0.15, 0.2) is 0 Å².